The molecule has 0 atom stereocenters. The van der Waals surface area contributed by atoms with E-state index in [1.165, 1.54) is 0 Å². The summed E-state index contributed by atoms with van der Waals surface area (Å²) >= 11 is 0. The second kappa shape index (κ2) is 7.94. The van der Waals surface area contributed by atoms with Crippen molar-refractivity contribution in [2.24, 2.45) is 16.5 Å². The molecule has 0 radical (unpaired) electrons. The first kappa shape index (κ1) is 13.6. The fraction of sp³-hybridized carbons (Fsp3) is 0.300. The lowest BCUT2D eigenvalue weighted by Crippen LogP contribution is -2.23. The Hall–Kier alpha value is -1.42. The molecule has 0 aliphatic carbocycles. The van der Waals surface area contributed by atoms with E-state index in [0.29, 0.717) is 13.2 Å². The van der Waals surface area contributed by atoms with Crippen LogP contribution in [0.5, 0.6) is 5.75 Å². The van der Waals surface area contributed by atoms with E-state index in [2.05, 4.69) is 4.99 Å². The number of nitrogens with two attached hydrogens (primary N) is 2. The summed E-state index contributed by atoms with van der Waals surface area (Å²) in [6, 6.07) is 9.66. The van der Waals surface area contributed by atoms with Crippen molar-refractivity contribution in [2.75, 3.05) is 13.2 Å². The number of para-hydroxylation sites is 1. The van der Waals surface area contributed by atoms with Gasteiger partial charge in [-0.1, -0.05) is 18.2 Å². The van der Waals surface area contributed by atoms with Crippen LogP contribution in [0.1, 0.15) is 6.42 Å². The van der Waals surface area contributed by atoms with Crippen molar-refractivity contribution in [3.05, 3.63) is 30.3 Å². The zero-order valence-corrected chi connectivity index (χ0v) is 9.24. The number of ether oxygens (including phenoxy) is 1. The summed E-state index contributed by atoms with van der Waals surface area (Å²) in [5.74, 6) is 1.00. The second-order valence-corrected chi connectivity index (χ2v) is 2.82. The van der Waals surface area contributed by atoms with Gasteiger partial charge < -0.3 is 16.2 Å². The lowest BCUT2D eigenvalue weighted by molar-refractivity contribution is 0.313. The van der Waals surface area contributed by atoms with Crippen molar-refractivity contribution < 1.29 is 4.74 Å². The number of hydrogen-bond donors (Lipinski definition) is 2. The molecule has 0 aliphatic rings. The molecule has 0 aromatic heterocycles. The summed E-state index contributed by atoms with van der Waals surface area (Å²) < 4.78 is 5.44. The zero-order valence-electron chi connectivity index (χ0n) is 8.43. The Morgan fingerprint density at radius 1 is 1.20 bits per heavy atom. The molecule has 4 N–H and O–H groups in total. The van der Waals surface area contributed by atoms with Crippen LogP contribution in [0.3, 0.4) is 0 Å². The number of halogens is 1. The predicted molar refractivity (Wildman–Crippen MR) is 64.5 cm³/mol. The largest absolute Gasteiger partial charge is 0.494 e. The molecule has 1 rings (SSSR count). The standard InChI is InChI=1S/C10H15N3O.ClH/c11-10(12)13-7-4-8-14-9-5-2-1-3-6-9;/h1-3,5-6H,4,7-8H2,(H4,11,12,13);1H. The van der Waals surface area contributed by atoms with Gasteiger partial charge in [0.15, 0.2) is 5.96 Å². The SMILES string of the molecule is Cl.NC(N)=NCCCOc1ccccc1. The van der Waals surface area contributed by atoms with Crippen molar-refractivity contribution in [2.45, 2.75) is 6.42 Å². The Morgan fingerprint density at radius 2 is 1.87 bits per heavy atom. The van der Waals surface area contributed by atoms with Crippen LogP contribution >= 0.6 is 12.4 Å². The molecule has 0 saturated carbocycles. The van der Waals surface area contributed by atoms with E-state index in [1.807, 2.05) is 30.3 Å². The Bertz CT molecular complexity index is 286. The molecule has 5 heteroatoms. The quantitative estimate of drug-likeness (QED) is 0.452. The third-order valence-corrected chi connectivity index (χ3v) is 1.61. The highest BCUT2D eigenvalue weighted by atomic mass is 35.5. The smallest absolute Gasteiger partial charge is 0.185 e. The van der Waals surface area contributed by atoms with Crippen LogP contribution in [0.25, 0.3) is 0 Å². The van der Waals surface area contributed by atoms with Crippen molar-refractivity contribution in [3.8, 4) is 5.75 Å². The fourth-order valence-corrected chi connectivity index (χ4v) is 0.979. The molecule has 84 valence electrons. The normalized spacial score (nSPS) is 8.80. The van der Waals surface area contributed by atoms with E-state index in [1.54, 1.807) is 0 Å². The summed E-state index contributed by atoms with van der Waals surface area (Å²) in [5, 5.41) is 0. The molecule has 0 heterocycles. The molecular weight excluding hydrogens is 214 g/mol. The number of hydrogen-bond acceptors (Lipinski definition) is 2. The van der Waals surface area contributed by atoms with E-state index in [4.69, 9.17) is 16.2 Å². The highest BCUT2D eigenvalue weighted by molar-refractivity contribution is 5.85. The predicted octanol–water partition coefficient (Wildman–Crippen LogP) is 1.15. The van der Waals surface area contributed by atoms with Crippen LogP contribution in [0.15, 0.2) is 35.3 Å². The molecule has 0 bridgehead atoms. The van der Waals surface area contributed by atoms with E-state index < -0.39 is 0 Å². The summed E-state index contributed by atoms with van der Waals surface area (Å²) in [6.45, 7) is 1.23. The fourth-order valence-electron chi connectivity index (χ4n) is 0.979. The number of rotatable bonds is 5. The lowest BCUT2D eigenvalue weighted by atomic mass is 10.3. The molecule has 15 heavy (non-hydrogen) atoms. The maximum absolute atomic E-state index is 5.44. The second-order valence-electron chi connectivity index (χ2n) is 2.82. The van der Waals surface area contributed by atoms with E-state index >= 15 is 0 Å². The van der Waals surface area contributed by atoms with Crippen LogP contribution in [-0.2, 0) is 0 Å². The molecule has 1 aromatic rings. The van der Waals surface area contributed by atoms with Crippen LogP contribution in [-0.4, -0.2) is 19.1 Å². The summed E-state index contributed by atoms with van der Waals surface area (Å²) in [4.78, 5) is 3.85. The van der Waals surface area contributed by atoms with Gasteiger partial charge in [0.05, 0.1) is 6.61 Å². The van der Waals surface area contributed by atoms with Gasteiger partial charge >= 0.3 is 0 Å². The minimum Gasteiger partial charge on any atom is -0.494 e. The number of benzene rings is 1. The Balaban J connectivity index is 0.00000196. The minimum absolute atomic E-state index is 0. The number of aliphatic imine (C=N–C) groups is 1. The highest BCUT2D eigenvalue weighted by Crippen LogP contribution is 2.08. The summed E-state index contributed by atoms with van der Waals surface area (Å²) in [7, 11) is 0. The molecule has 1 aromatic carbocycles. The molecule has 0 aliphatic heterocycles. The van der Waals surface area contributed by atoms with Crippen molar-refractivity contribution in [1.29, 1.82) is 0 Å². The third-order valence-electron chi connectivity index (χ3n) is 1.61. The van der Waals surface area contributed by atoms with E-state index in [-0.39, 0.29) is 18.4 Å². The van der Waals surface area contributed by atoms with Gasteiger partial charge in [-0.05, 0) is 12.1 Å². The molecular formula is C10H16ClN3O. The topological polar surface area (TPSA) is 73.6 Å². The first-order chi connectivity index (χ1) is 6.79. The maximum Gasteiger partial charge on any atom is 0.185 e. The van der Waals surface area contributed by atoms with Gasteiger partial charge in [0.25, 0.3) is 0 Å². The van der Waals surface area contributed by atoms with Gasteiger partial charge in [0.2, 0.25) is 0 Å². The average molecular weight is 230 g/mol. The van der Waals surface area contributed by atoms with Gasteiger partial charge in [-0.3, -0.25) is 4.99 Å². The number of guanidine groups is 1. The van der Waals surface area contributed by atoms with Gasteiger partial charge in [-0.25, -0.2) is 0 Å². The van der Waals surface area contributed by atoms with Crippen molar-refractivity contribution in [1.82, 2.24) is 0 Å². The Kier molecular flexibility index (Phi) is 7.18. The summed E-state index contributed by atoms with van der Waals surface area (Å²) in [5.41, 5.74) is 10.3. The first-order valence-corrected chi connectivity index (χ1v) is 4.52. The van der Waals surface area contributed by atoms with Crippen LogP contribution in [0.2, 0.25) is 0 Å². The van der Waals surface area contributed by atoms with Crippen LogP contribution in [0.4, 0.5) is 0 Å². The Morgan fingerprint density at radius 3 is 2.47 bits per heavy atom. The molecule has 0 spiro atoms. The average Bonchev–Trinajstić information content (AvgIpc) is 2.18. The first-order valence-electron chi connectivity index (χ1n) is 4.52. The van der Waals surface area contributed by atoms with Gasteiger partial charge in [0.1, 0.15) is 5.75 Å². The highest BCUT2D eigenvalue weighted by Gasteiger charge is 1.90. The lowest BCUT2D eigenvalue weighted by Gasteiger charge is -2.03. The Labute approximate surface area is 95.7 Å². The maximum atomic E-state index is 5.44. The molecule has 0 amide bonds. The minimum atomic E-state index is 0. The molecule has 4 nitrogen and oxygen atoms in total. The molecule has 0 saturated heterocycles. The zero-order chi connectivity index (χ0) is 10.2. The monoisotopic (exact) mass is 229 g/mol. The molecule has 0 unspecified atom stereocenters. The van der Waals surface area contributed by atoms with E-state index in [0.717, 1.165) is 12.2 Å². The van der Waals surface area contributed by atoms with Gasteiger partial charge in [0, 0.05) is 13.0 Å². The van der Waals surface area contributed by atoms with Gasteiger partial charge in [-0.15, -0.1) is 12.4 Å². The molecule has 0 fully saturated rings. The van der Waals surface area contributed by atoms with Crippen molar-refractivity contribution in [3.63, 3.8) is 0 Å². The summed E-state index contributed by atoms with van der Waals surface area (Å²) in [6.07, 6.45) is 0.812. The van der Waals surface area contributed by atoms with E-state index in [9.17, 15) is 0 Å². The van der Waals surface area contributed by atoms with Crippen molar-refractivity contribution >= 4 is 18.4 Å². The number of nitrogens with zero attached hydrogens (tertiary/aromatic N) is 1. The van der Waals surface area contributed by atoms with Crippen LogP contribution < -0.4 is 16.2 Å². The van der Waals surface area contributed by atoms with Gasteiger partial charge in [-0.2, -0.15) is 0 Å². The third kappa shape index (κ3) is 6.62. The van der Waals surface area contributed by atoms with Crippen LogP contribution in [0, 0.1) is 0 Å².